The Balaban J connectivity index is 1.20. The van der Waals surface area contributed by atoms with E-state index < -0.39 is 0 Å². The van der Waals surface area contributed by atoms with Crippen molar-refractivity contribution in [2.75, 3.05) is 5.32 Å². The molecule has 1 aromatic heterocycles. The third-order valence-corrected chi connectivity index (χ3v) is 10.6. The van der Waals surface area contributed by atoms with Crippen LogP contribution in [0.4, 0.5) is 11.4 Å². The predicted molar refractivity (Wildman–Crippen MR) is 194 cm³/mol. The van der Waals surface area contributed by atoms with E-state index >= 15 is 0 Å². The highest BCUT2D eigenvalue weighted by molar-refractivity contribution is 6.00. The van der Waals surface area contributed by atoms with Gasteiger partial charge in [-0.25, -0.2) is 0 Å². The Labute approximate surface area is 271 Å². The number of fused-ring (bicyclic) bond motifs is 8. The third kappa shape index (κ3) is 3.77. The summed E-state index contributed by atoms with van der Waals surface area (Å²) >= 11 is 0. The van der Waals surface area contributed by atoms with Crippen molar-refractivity contribution in [3.63, 3.8) is 0 Å². The average molecular weight is 593 g/mol. The van der Waals surface area contributed by atoms with Gasteiger partial charge in [-0.2, -0.15) is 0 Å². The van der Waals surface area contributed by atoms with Crippen LogP contribution in [0, 0.1) is 0 Å². The molecule has 0 bridgehead atoms. The second-order valence-corrected chi connectivity index (χ2v) is 13.9. The second-order valence-electron chi connectivity index (χ2n) is 13.9. The maximum atomic E-state index is 3.51. The van der Waals surface area contributed by atoms with Crippen LogP contribution in [0.25, 0.3) is 50.1 Å². The standard InChI is InChI=1S/C44H36N2/c1-43(2)37-16-10-8-14-33(37)34-24-23-32(27-39(34)43)46-40-17-11-9-15-35(40)41-42(46)36-26-29(20-25-38(36)44(41,3)4)28-18-21-31(22-19-28)45-30-12-6-5-7-13-30/h5-27,45H,1-4H3. The Kier molecular flexibility index (Phi) is 5.63. The summed E-state index contributed by atoms with van der Waals surface area (Å²) in [5.41, 5.74) is 17.9. The molecule has 222 valence electrons. The molecule has 1 N–H and O–H groups in total. The van der Waals surface area contributed by atoms with E-state index in [1.54, 1.807) is 0 Å². The first-order valence-electron chi connectivity index (χ1n) is 16.3. The summed E-state index contributed by atoms with van der Waals surface area (Å²) in [5.74, 6) is 0. The molecule has 0 atom stereocenters. The number of para-hydroxylation sites is 2. The normalized spacial score (nSPS) is 14.9. The molecule has 2 aliphatic carbocycles. The summed E-state index contributed by atoms with van der Waals surface area (Å²) in [7, 11) is 0. The number of anilines is 2. The smallest absolute Gasteiger partial charge is 0.0585 e. The van der Waals surface area contributed by atoms with Gasteiger partial charge in [0.15, 0.2) is 0 Å². The largest absolute Gasteiger partial charge is 0.356 e. The van der Waals surface area contributed by atoms with Gasteiger partial charge in [0, 0.05) is 38.8 Å². The highest BCUT2D eigenvalue weighted by Gasteiger charge is 2.41. The zero-order valence-corrected chi connectivity index (χ0v) is 26.7. The lowest BCUT2D eigenvalue weighted by atomic mass is 9.81. The first-order chi connectivity index (χ1) is 22.3. The number of benzene rings is 6. The van der Waals surface area contributed by atoms with E-state index in [0.717, 1.165) is 11.4 Å². The molecule has 7 aromatic rings. The van der Waals surface area contributed by atoms with Gasteiger partial charge in [-0.05, 0) is 93.0 Å². The number of nitrogens with one attached hydrogen (secondary N) is 1. The van der Waals surface area contributed by atoms with Crippen LogP contribution in [0.3, 0.4) is 0 Å². The third-order valence-electron chi connectivity index (χ3n) is 10.6. The minimum atomic E-state index is -0.121. The molecule has 2 heteroatoms. The van der Waals surface area contributed by atoms with Crippen molar-refractivity contribution >= 4 is 22.3 Å². The summed E-state index contributed by atoms with van der Waals surface area (Å²) in [6, 6.07) is 51.2. The molecule has 9 rings (SSSR count). The summed E-state index contributed by atoms with van der Waals surface area (Å²) in [6.45, 7) is 9.51. The van der Waals surface area contributed by atoms with Gasteiger partial charge in [-0.15, -0.1) is 0 Å². The van der Waals surface area contributed by atoms with Crippen molar-refractivity contribution in [3.8, 4) is 39.2 Å². The van der Waals surface area contributed by atoms with E-state index in [1.807, 2.05) is 6.07 Å². The summed E-state index contributed by atoms with van der Waals surface area (Å²) in [5, 5.41) is 4.85. The maximum absolute atomic E-state index is 3.51. The number of hydrogen-bond acceptors (Lipinski definition) is 1. The van der Waals surface area contributed by atoms with Crippen molar-refractivity contribution in [1.82, 2.24) is 4.57 Å². The van der Waals surface area contributed by atoms with Gasteiger partial charge in [0.2, 0.25) is 0 Å². The van der Waals surface area contributed by atoms with E-state index in [4.69, 9.17) is 0 Å². The quantitative estimate of drug-likeness (QED) is 0.215. The Bertz CT molecular complexity index is 2320. The second kappa shape index (κ2) is 9.58. The monoisotopic (exact) mass is 592 g/mol. The van der Waals surface area contributed by atoms with Crippen LogP contribution >= 0.6 is 0 Å². The van der Waals surface area contributed by atoms with Crippen LogP contribution in [-0.2, 0) is 10.8 Å². The molecule has 0 saturated heterocycles. The van der Waals surface area contributed by atoms with Gasteiger partial charge in [0.25, 0.3) is 0 Å². The molecule has 0 saturated carbocycles. The van der Waals surface area contributed by atoms with Crippen molar-refractivity contribution in [3.05, 3.63) is 162 Å². The molecule has 0 radical (unpaired) electrons. The van der Waals surface area contributed by atoms with Crippen LogP contribution in [-0.4, -0.2) is 4.57 Å². The Hall–Kier alpha value is -5.34. The molecule has 0 fully saturated rings. The zero-order chi connectivity index (χ0) is 31.2. The van der Waals surface area contributed by atoms with Gasteiger partial charge in [0.1, 0.15) is 0 Å². The first-order valence-corrected chi connectivity index (χ1v) is 16.3. The van der Waals surface area contributed by atoms with Crippen molar-refractivity contribution < 1.29 is 0 Å². The molecular weight excluding hydrogens is 556 g/mol. The predicted octanol–water partition coefficient (Wildman–Crippen LogP) is 11.7. The van der Waals surface area contributed by atoms with Crippen LogP contribution < -0.4 is 5.32 Å². The lowest BCUT2D eigenvalue weighted by Gasteiger charge is -2.22. The van der Waals surface area contributed by atoms with E-state index in [1.165, 1.54) is 72.4 Å². The SMILES string of the molecule is CC1(C)c2ccccc2-c2ccc(-n3c4c(c5ccccc53)C(C)(C)c3ccc(-c5ccc(Nc6ccccc6)cc5)cc3-4)cc21. The van der Waals surface area contributed by atoms with Crippen LogP contribution in [0.1, 0.15) is 49.9 Å². The highest BCUT2D eigenvalue weighted by Crippen LogP contribution is 2.55. The molecule has 0 aliphatic heterocycles. The van der Waals surface area contributed by atoms with Crippen molar-refractivity contribution in [2.45, 2.75) is 38.5 Å². The van der Waals surface area contributed by atoms with Gasteiger partial charge >= 0.3 is 0 Å². The number of hydrogen-bond donors (Lipinski definition) is 1. The lowest BCUT2D eigenvalue weighted by Crippen LogP contribution is -2.15. The van der Waals surface area contributed by atoms with Gasteiger partial charge in [-0.3, -0.25) is 0 Å². The highest BCUT2D eigenvalue weighted by atomic mass is 15.0. The molecule has 2 nitrogen and oxygen atoms in total. The molecule has 0 unspecified atom stereocenters. The van der Waals surface area contributed by atoms with E-state index in [2.05, 4.69) is 171 Å². The van der Waals surface area contributed by atoms with Crippen molar-refractivity contribution in [1.29, 1.82) is 0 Å². The number of aromatic nitrogens is 1. The Morgan fingerprint density at radius 3 is 1.96 bits per heavy atom. The molecule has 46 heavy (non-hydrogen) atoms. The van der Waals surface area contributed by atoms with Gasteiger partial charge in [0.05, 0.1) is 11.2 Å². The molecule has 2 aliphatic rings. The summed E-state index contributed by atoms with van der Waals surface area (Å²) < 4.78 is 2.54. The zero-order valence-electron chi connectivity index (χ0n) is 26.7. The van der Waals surface area contributed by atoms with Gasteiger partial charge in [-0.1, -0.05) is 119 Å². The molecule has 0 spiro atoms. The van der Waals surface area contributed by atoms with Crippen LogP contribution in [0.5, 0.6) is 0 Å². The number of rotatable bonds is 4. The Morgan fingerprint density at radius 2 is 1.13 bits per heavy atom. The minimum Gasteiger partial charge on any atom is -0.356 e. The Morgan fingerprint density at radius 1 is 0.478 bits per heavy atom. The van der Waals surface area contributed by atoms with Crippen molar-refractivity contribution in [2.24, 2.45) is 0 Å². The minimum absolute atomic E-state index is 0.0556. The first kappa shape index (κ1) is 27.0. The summed E-state index contributed by atoms with van der Waals surface area (Å²) in [4.78, 5) is 0. The van der Waals surface area contributed by atoms with E-state index in [-0.39, 0.29) is 10.8 Å². The maximum Gasteiger partial charge on any atom is 0.0585 e. The fourth-order valence-corrected chi connectivity index (χ4v) is 8.26. The van der Waals surface area contributed by atoms with E-state index in [0.29, 0.717) is 0 Å². The summed E-state index contributed by atoms with van der Waals surface area (Å²) in [6.07, 6.45) is 0. The molecule has 1 heterocycles. The molecule has 0 amide bonds. The average Bonchev–Trinajstić information content (AvgIpc) is 3.63. The molecular formula is C44H36N2. The number of nitrogens with zero attached hydrogens (tertiary/aromatic N) is 1. The molecule has 6 aromatic carbocycles. The lowest BCUT2D eigenvalue weighted by molar-refractivity contribution is 0.659. The van der Waals surface area contributed by atoms with Gasteiger partial charge < -0.3 is 9.88 Å². The fourth-order valence-electron chi connectivity index (χ4n) is 8.26. The van der Waals surface area contributed by atoms with Crippen LogP contribution in [0.15, 0.2) is 140 Å². The van der Waals surface area contributed by atoms with E-state index in [9.17, 15) is 0 Å². The topological polar surface area (TPSA) is 17.0 Å². The fraction of sp³-hybridized carbons (Fsp3) is 0.136. The van der Waals surface area contributed by atoms with Crippen LogP contribution in [0.2, 0.25) is 0 Å².